The number of Topliss-reactive ketones (excluding diaryl/α,β-unsaturated/α-hetero) is 1. The number of rotatable bonds is 5. The van der Waals surface area contributed by atoms with E-state index in [0.717, 1.165) is 29.7 Å². The number of carbonyl (C=O) groups is 4. The van der Waals surface area contributed by atoms with Gasteiger partial charge in [-0.25, -0.2) is 4.79 Å². The molecule has 4 amide bonds. The molecule has 1 heterocycles. The molecule has 0 aromatic heterocycles. The van der Waals surface area contributed by atoms with Crippen LogP contribution in [0.15, 0.2) is 24.3 Å². The first-order chi connectivity index (χ1) is 13.2. The zero-order valence-electron chi connectivity index (χ0n) is 16.6. The summed E-state index contributed by atoms with van der Waals surface area (Å²) in [6, 6.07) is 6.21. The predicted molar refractivity (Wildman–Crippen MR) is 104 cm³/mol. The van der Waals surface area contributed by atoms with Crippen LogP contribution in [0.3, 0.4) is 0 Å². The van der Waals surface area contributed by atoms with Crippen LogP contribution in [0.5, 0.6) is 0 Å². The number of carbonyl (C=O) groups excluding carboxylic acids is 4. The molecular weight excluding hydrogens is 358 g/mol. The Hall–Kier alpha value is -2.70. The minimum absolute atomic E-state index is 0.0624. The molecule has 28 heavy (non-hydrogen) atoms. The Morgan fingerprint density at radius 3 is 2.54 bits per heavy atom. The third-order valence-corrected chi connectivity index (χ3v) is 5.96. The normalized spacial score (nSPS) is 25.5. The van der Waals surface area contributed by atoms with Gasteiger partial charge in [-0.05, 0) is 31.2 Å². The van der Waals surface area contributed by atoms with Crippen molar-refractivity contribution in [2.45, 2.75) is 58.0 Å². The molecule has 1 aliphatic carbocycles. The first-order valence-electron chi connectivity index (χ1n) is 9.79. The van der Waals surface area contributed by atoms with Gasteiger partial charge in [0.1, 0.15) is 5.54 Å². The van der Waals surface area contributed by atoms with Crippen molar-refractivity contribution in [3.63, 3.8) is 0 Å². The van der Waals surface area contributed by atoms with Crippen molar-refractivity contribution in [2.75, 3.05) is 6.54 Å². The van der Waals surface area contributed by atoms with Crippen LogP contribution in [-0.2, 0) is 9.59 Å². The van der Waals surface area contributed by atoms with Gasteiger partial charge < -0.3 is 10.6 Å². The summed E-state index contributed by atoms with van der Waals surface area (Å²) in [5, 5.41) is 5.65. The van der Waals surface area contributed by atoms with E-state index >= 15 is 0 Å². The molecule has 2 aliphatic rings. The van der Waals surface area contributed by atoms with Crippen molar-refractivity contribution in [3.8, 4) is 0 Å². The highest BCUT2D eigenvalue weighted by Gasteiger charge is 2.55. The minimum Gasteiger partial charge on any atom is -0.350 e. The molecule has 1 saturated carbocycles. The van der Waals surface area contributed by atoms with Crippen molar-refractivity contribution in [3.05, 3.63) is 35.4 Å². The molecule has 3 atom stereocenters. The van der Waals surface area contributed by atoms with Crippen molar-refractivity contribution in [1.82, 2.24) is 15.5 Å². The lowest BCUT2D eigenvalue weighted by Crippen LogP contribution is -2.54. The maximum atomic E-state index is 13.0. The lowest BCUT2D eigenvalue weighted by atomic mass is 9.73. The molecule has 0 bridgehead atoms. The number of nitrogens with zero attached hydrogens (tertiary/aromatic N) is 1. The Balaban J connectivity index is 1.70. The Morgan fingerprint density at radius 1 is 1.25 bits per heavy atom. The first kappa shape index (κ1) is 20.0. The Bertz CT molecular complexity index is 804. The van der Waals surface area contributed by atoms with Crippen LogP contribution in [0.25, 0.3) is 0 Å². The van der Waals surface area contributed by atoms with Gasteiger partial charge in [-0.2, -0.15) is 0 Å². The molecule has 7 nitrogen and oxygen atoms in total. The highest BCUT2D eigenvalue weighted by molar-refractivity contribution is 6.11. The molecular formula is C21H27N3O4. The third kappa shape index (κ3) is 3.66. The average Bonchev–Trinajstić information content (AvgIpc) is 2.88. The molecule has 7 heteroatoms. The van der Waals surface area contributed by atoms with Crippen LogP contribution in [0.1, 0.15) is 68.4 Å². The minimum atomic E-state index is -0.854. The molecule has 1 aliphatic heterocycles. The summed E-state index contributed by atoms with van der Waals surface area (Å²) in [4.78, 5) is 50.3. The number of hydrogen-bond acceptors (Lipinski definition) is 4. The van der Waals surface area contributed by atoms with Crippen LogP contribution < -0.4 is 10.6 Å². The Labute approximate surface area is 164 Å². The summed E-state index contributed by atoms with van der Waals surface area (Å²) < 4.78 is 0. The zero-order valence-corrected chi connectivity index (χ0v) is 16.6. The van der Waals surface area contributed by atoms with Crippen LogP contribution in [0, 0.1) is 5.92 Å². The summed E-state index contributed by atoms with van der Waals surface area (Å²) in [5.74, 6) is -0.638. The highest BCUT2D eigenvalue weighted by atomic mass is 16.2. The number of amides is 4. The summed E-state index contributed by atoms with van der Waals surface area (Å²) in [5.41, 5.74) is 0.446. The van der Waals surface area contributed by atoms with E-state index in [2.05, 4.69) is 10.6 Å². The highest BCUT2D eigenvalue weighted by Crippen LogP contribution is 2.38. The molecule has 0 unspecified atom stereocenters. The summed E-state index contributed by atoms with van der Waals surface area (Å²) in [6.45, 7) is 5.03. The Kier molecular flexibility index (Phi) is 5.54. The molecule has 1 aromatic rings. The topological polar surface area (TPSA) is 95.6 Å². The van der Waals surface area contributed by atoms with Gasteiger partial charge in [0.15, 0.2) is 5.78 Å². The van der Waals surface area contributed by atoms with E-state index in [0.29, 0.717) is 12.0 Å². The molecule has 3 rings (SSSR count). The second-order valence-electron chi connectivity index (χ2n) is 7.91. The maximum Gasteiger partial charge on any atom is 0.325 e. The van der Waals surface area contributed by atoms with E-state index in [-0.39, 0.29) is 36.1 Å². The molecule has 1 saturated heterocycles. The second kappa shape index (κ2) is 7.73. The van der Waals surface area contributed by atoms with Gasteiger partial charge in [-0.15, -0.1) is 0 Å². The van der Waals surface area contributed by atoms with E-state index in [1.807, 2.05) is 13.8 Å². The van der Waals surface area contributed by atoms with Crippen LogP contribution >= 0.6 is 0 Å². The Morgan fingerprint density at radius 2 is 1.93 bits per heavy atom. The largest absolute Gasteiger partial charge is 0.350 e. The number of imide groups is 1. The van der Waals surface area contributed by atoms with Crippen molar-refractivity contribution in [1.29, 1.82) is 0 Å². The number of ketones is 1. The van der Waals surface area contributed by atoms with Gasteiger partial charge in [0.25, 0.3) is 5.91 Å². The van der Waals surface area contributed by atoms with E-state index in [1.54, 1.807) is 24.3 Å². The van der Waals surface area contributed by atoms with Gasteiger partial charge in [-0.1, -0.05) is 44.0 Å². The van der Waals surface area contributed by atoms with Crippen LogP contribution in [0.2, 0.25) is 0 Å². The molecule has 1 aromatic carbocycles. The molecule has 2 fully saturated rings. The zero-order chi connectivity index (χ0) is 20.5. The van der Waals surface area contributed by atoms with Crippen molar-refractivity contribution >= 4 is 23.6 Å². The summed E-state index contributed by atoms with van der Waals surface area (Å²) >= 11 is 0. The summed E-state index contributed by atoms with van der Waals surface area (Å²) in [6.07, 6.45) is 3.46. The van der Waals surface area contributed by atoms with E-state index in [4.69, 9.17) is 0 Å². The standard InChI is InChI=1S/C21H27N3O4/c1-13-6-4-5-11-21(13)19(27)24(20(28)23-21)12-18(26)17-9-7-16(8-10-17)14(2)22-15(3)25/h7-10,13-14H,4-6,11-12H2,1-3H3,(H,22,25)(H,23,28)/t13-,14-,21+/m1/s1. The fraction of sp³-hybridized carbons (Fsp3) is 0.524. The fourth-order valence-corrected chi connectivity index (χ4v) is 4.22. The lowest BCUT2D eigenvalue weighted by Gasteiger charge is -2.36. The molecule has 150 valence electrons. The SMILES string of the molecule is CC(=O)N[C@H](C)c1ccc(C(=O)CN2C(=O)N[C@]3(CCCC[C@H]3C)C2=O)cc1. The number of benzene rings is 1. The number of nitrogens with one attached hydrogen (secondary N) is 2. The van der Waals surface area contributed by atoms with E-state index in [1.165, 1.54) is 6.92 Å². The quantitative estimate of drug-likeness (QED) is 0.601. The van der Waals surface area contributed by atoms with E-state index in [9.17, 15) is 19.2 Å². The third-order valence-electron chi connectivity index (χ3n) is 5.96. The molecule has 2 N–H and O–H groups in total. The van der Waals surface area contributed by atoms with Crippen LogP contribution in [-0.4, -0.2) is 40.6 Å². The molecule has 1 spiro atoms. The predicted octanol–water partition coefficient (Wildman–Crippen LogP) is 2.57. The van der Waals surface area contributed by atoms with E-state index < -0.39 is 11.6 Å². The molecule has 0 radical (unpaired) electrons. The van der Waals surface area contributed by atoms with Crippen molar-refractivity contribution in [2.24, 2.45) is 5.92 Å². The van der Waals surface area contributed by atoms with Gasteiger partial charge in [0, 0.05) is 12.5 Å². The summed E-state index contributed by atoms with van der Waals surface area (Å²) in [7, 11) is 0. The lowest BCUT2D eigenvalue weighted by molar-refractivity contribution is -0.134. The van der Waals surface area contributed by atoms with Gasteiger partial charge >= 0.3 is 6.03 Å². The smallest absolute Gasteiger partial charge is 0.325 e. The fourth-order valence-electron chi connectivity index (χ4n) is 4.22. The van der Waals surface area contributed by atoms with Gasteiger partial charge in [-0.3, -0.25) is 19.3 Å². The van der Waals surface area contributed by atoms with Gasteiger partial charge in [0.05, 0.1) is 12.6 Å². The van der Waals surface area contributed by atoms with Gasteiger partial charge in [0.2, 0.25) is 5.91 Å². The monoisotopic (exact) mass is 385 g/mol. The number of urea groups is 1. The second-order valence-corrected chi connectivity index (χ2v) is 7.91. The van der Waals surface area contributed by atoms with Crippen molar-refractivity contribution < 1.29 is 19.2 Å². The van der Waals surface area contributed by atoms with Crippen LogP contribution in [0.4, 0.5) is 4.79 Å². The average molecular weight is 385 g/mol. The first-order valence-corrected chi connectivity index (χ1v) is 9.79. The number of hydrogen-bond donors (Lipinski definition) is 2. The maximum absolute atomic E-state index is 13.0.